The van der Waals surface area contributed by atoms with Crippen molar-refractivity contribution >= 4 is 38.6 Å². The Labute approximate surface area is 133 Å². The van der Waals surface area contributed by atoms with E-state index < -0.39 is 10.0 Å². The van der Waals surface area contributed by atoms with Gasteiger partial charge in [-0.25, -0.2) is 18.1 Å². The summed E-state index contributed by atoms with van der Waals surface area (Å²) >= 11 is 6.35. The number of thiazole rings is 1. The second-order valence-corrected chi connectivity index (χ2v) is 7.61. The minimum Gasteiger partial charge on any atom is -0.389 e. The van der Waals surface area contributed by atoms with Crippen molar-refractivity contribution in [1.82, 2.24) is 9.71 Å². The lowest BCUT2D eigenvalue weighted by molar-refractivity contribution is 0.565. The highest BCUT2D eigenvalue weighted by Crippen LogP contribution is 2.18. The smallest absolute Gasteiger partial charge is 0.216 e. The van der Waals surface area contributed by atoms with Crippen molar-refractivity contribution in [2.75, 3.05) is 0 Å². The lowest BCUT2D eigenvalue weighted by Gasteiger charge is -2.13. The van der Waals surface area contributed by atoms with Gasteiger partial charge in [0, 0.05) is 17.1 Å². The number of rotatable bonds is 6. The number of nitrogens with one attached hydrogen (secondary N) is 1. The molecule has 0 radical (unpaired) electrons. The summed E-state index contributed by atoms with van der Waals surface area (Å²) < 4.78 is 27.1. The number of benzene rings is 1. The molecule has 112 valence electrons. The maximum absolute atomic E-state index is 12.3. The Kier molecular flexibility index (Phi) is 5.04. The van der Waals surface area contributed by atoms with Crippen LogP contribution in [0.4, 0.5) is 0 Å². The zero-order valence-electron chi connectivity index (χ0n) is 11.3. The minimum atomic E-state index is -3.51. The standard InChI is InChI=1S/C13H15N3O2S3/c1-9(13-15-6-7-20-13)16-21(17,18)8-10-4-2-3-5-11(10)12(14)19/h2-7,9,16H,8H2,1H3,(H2,14,19). The molecular formula is C13H15N3O2S3. The molecule has 0 amide bonds. The van der Waals surface area contributed by atoms with E-state index in [9.17, 15) is 8.42 Å². The summed E-state index contributed by atoms with van der Waals surface area (Å²) in [6.07, 6.45) is 1.65. The fraction of sp³-hybridized carbons (Fsp3) is 0.231. The van der Waals surface area contributed by atoms with E-state index in [1.807, 2.05) is 5.38 Å². The topological polar surface area (TPSA) is 85.1 Å². The van der Waals surface area contributed by atoms with Crippen molar-refractivity contribution in [1.29, 1.82) is 0 Å². The maximum atomic E-state index is 12.3. The average Bonchev–Trinajstić information content (AvgIpc) is 2.91. The zero-order valence-corrected chi connectivity index (χ0v) is 13.8. The highest BCUT2D eigenvalue weighted by atomic mass is 32.2. The van der Waals surface area contributed by atoms with Gasteiger partial charge in [-0.2, -0.15) is 0 Å². The molecule has 1 unspecified atom stereocenters. The summed E-state index contributed by atoms with van der Waals surface area (Å²) in [4.78, 5) is 4.29. The Morgan fingerprint density at radius 3 is 2.81 bits per heavy atom. The third kappa shape index (κ3) is 4.31. The van der Waals surface area contributed by atoms with Crippen molar-refractivity contribution in [2.24, 2.45) is 5.73 Å². The highest BCUT2D eigenvalue weighted by Gasteiger charge is 2.19. The number of aromatic nitrogens is 1. The number of sulfonamides is 1. The zero-order chi connectivity index (χ0) is 15.5. The summed E-state index contributed by atoms with van der Waals surface area (Å²) in [5, 5.41) is 2.53. The molecule has 0 spiro atoms. The molecule has 0 fully saturated rings. The van der Waals surface area contributed by atoms with Crippen LogP contribution in [0.3, 0.4) is 0 Å². The van der Waals surface area contributed by atoms with Gasteiger partial charge in [-0.3, -0.25) is 0 Å². The predicted octanol–water partition coefficient (Wildman–Crippen LogP) is 1.96. The molecule has 1 aromatic carbocycles. The number of hydrogen-bond donors (Lipinski definition) is 2. The molecule has 0 aliphatic rings. The van der Waals surface area contributed by atoms with Crippen molar-refractivity contribution in [3.05, 3.63) is 52.0 Å². The molecule has 2 aromatic rings. The Morgan fingerprint density at radius 2 is 2.19 bits per heavy atom. The normalized spacial score (nSPS) is 13.0. The summed E-state index contributed by atoms with van der Waals surface area (Å²) in [5.41, 5.74) is 6.79. The molecule has 1 heterocycles. The lowest BCUT2D eigenvalue weighted by Crippen LogP contribution is -2.28. The Morgan fingerprint density at radius 1 is 1.48 bits per heavy atom. The van der Waals surface area contributed by atoms with Gasteiger partial charge in [0.25, 0.3) is 0 Å². The van der Waals surface area contributed by atoms with Crippen LogP contribution >= 0.6 is 23.6 Å². The Hall–Kier alpha value is -1.35. The van der Waals surface area contributed by atoms with Crippen molar-refractivity contribution < 1.29 is 8.42 Å². The van der Waals surface area contributed by atoms with Crippen LogP contribution in [0.15, 0.2) is 35.8 Å². The van der Waals surface area contributed by atoms with Crippen LogP contribution in [-0.4, -0.2) is 18.4 Å². The van der Waals surface area contributed by atoms with E-state index in [0.29, 0.717) is 11.1 Å². The van der Waals surface area contributed by atoms with Gasteiger partial charge in [0.15, 0.2) is 0 Å². The summed E-state index contributed by atoms with van der Waals surface area (Å²) in [5.74, 6) is -0.170. The molecule has 0 aliphatic carbocycles. The molecule has 5 nitrogen and oxygen atoms in total. The van der Waals surface area contributed by atoms with Crippen LogP contribution in [0.25, 0.3) is 0 Å². The van der Waals surface area contributed by atoms with E-state index in [4.69, 9.17) is 18.0 Å². The quantitative estimate of drug-likeness (QED) is 0.785. The van der Waals surface area contributed by atoms with Crippen LogP contribution in [0.5, 0.6) is 0 Å². The van der Waals surface area contributed by atoms with Crippen molar-refractivity contribution in [3.8, 4) is 0 Å². The second kappa shape index (κ2) is 6.61. The number of nitrogens with zero attached hydrogens (tertiary/aromatic N) is 1. The monoisotopic (exact) mass is 341 g/mol. The van der Waals surface area contributed by atoms with Gasteiger partial charge in [0.2, 0.25) is 10.0 Å². The highest BCUT2D eigenvalue weighted by molar-refractivity contribution is 7.88. The van der Waals surface area contributed by atoms with E-state index in [2.05, 4.69) is 9.71 Å². The molecule has 0 saturated carbocycles. The first-order valence-corrected chi connectivity index (χ1v) is 9.10. The summed E-state index contributed by atoms with van der Waals surface area (Å²) in [6, 6.07) is 6.60. The molecule has 3 N–H and O–H groups in total. The van der Waals surface area contributed by atoms with E-state index >= 15 is 0 Å². The largest absolute Gasteiger partial charge is 0.389 e. The summed E-state index contributed by atoms with van der Waals surface area (Å²) in [6.45, 7) is 1.76. The van der Waals surface area contributed by atoms with Crippen molar-refractivity contribution in [2.45, 2.75) is 18.7 Å². The van der Waals surface area contributed by atoms with Crippen LogP contribution < -0.4 is 10.5 Å². The number of thiocarbonyl (C=S) groups is 1. The van der Waals surface area contributed by atoms with Gasteiger partial charge >= 0.3 is 0 Å². The summed E-state index contributed by atoms with van der Waals surface area (Å²) in [7, 11) is -3.51. The predicted molar refractivity (Wildman–Crippen MR) is 88.6 cm³/mol. The van der Waals surface area contributed by atoms with Gasteiger partial charge in [-0.15, -0.1) is 11.3 Å². The van der Waals surface area contributed by atoms with Gasteiger partial charge in [0.1, 0.15) is 10.00 Å². The molecule has 1 aromatic heterocycles. The molecule has 1 atom stereocenters. The van der Waals surface area contributed by atoms with Gasteiger partial charge < -0.3 is 5.73 Å². The molecule has 2 rings (SSSR count). The van der Waals surface area contributed by atoms with Crippen LogP contribution in [0.1, 0.15) is 29.1 Å². The lowest BCUT2D eigenvalue weighted by atomic mass is 10.1. The minimum absolute atomic E-state index is 0.170. The van der Waals surface area contributed by atoms with Crippen molar-refractivity contribution in [3.63, 3.8) is 0 Å². The molecule has 8 heteroatoms. The molecule has 21 heavy (non-hydrogen) atoms. The fourth-order valence-corrected chi connectivity index (χ4v) is 4.22. The third-order valence-electron chi connectivity index (χ3n) is 2.81. The van der Waals surface area contributed by atoms with Gasteiger partial charge in [-0.05, 0) is 12.5 Å². The number of nitrogens with two attached hydrogens (primary N) is 1. The number of hydrogen-bond acceptors (Lipinski definition) is 5. The van der Waals surface area contributed by atoms with E-state index in [0.717, 1.165) is 5.01 Å². The molecule has 0 saturated heterocycles. The molecule has 0 aliphatic heterocycles. The third-order valence-corrected chi connectivity index (χ3v) is 5.39. The van der Waals surface area contributed by atoms with Crippen LogP contribution in [0.2, 0.25) is 0 Å². The molecular weight excluding hydrogens is 326 g/mol. The molecule has 0 bridgehead atoms. The Bertz CT molecular complexity index is 727. The second-order valence-electron chi connectivity index (χ2n) is 4.49. The van der Waals surface area contributed by atoms with Crippen LogP contribution in [-0.2, 0) is 15.8 Å². The van der Waals surface area contributed by atoms with Gasteiger partial charge in [0.05, 0.1) is 11.8 Å². The van der Waals surface area contributed by atoms with E-state index in [-0.39, 0.29) is 16.8 Å². The van der Waals surface area contributed by atoms with E-state index in [1.165, 1.54) is 11.3 Å². The first kappa shape index (κ1) is 16.0. The van der Waals surface area contributed by atoms with E-state index in [1.54, 1.807) is 37.4 Å². The Balaban J connectivity index is 2.17. The first-order valence-electron chi connectivity index (χ1n) is 6.16. The maximum Gasteiger partial charge on any atom is 0.216 e. The SMILES string of the molecule is CC(NS(=O)(=O)Cc1ccccc1C(N)=S)c1nccs1. The average molecular weight is 341 g/mol. The van der Waals surface area contributed by atoms with Gasteiger partial charge in [-0.1, -0.05) is 36.5 Å². The fourth-order valence-electron chi connectivity index (χ4n) is 1.90. The first-order chi connectivity index (χ1) is 9.89. The van der Waals surface area contributed by atoms with Crippen LogP contribution in [0, 0.1) is 0 Å².